The van der Waals surface area contributed by atoms with Crippen LogP contribution < -0.4 is 0 Å². The molecule has 0 fully saturated rings. The molecule has 0 radical (unpaired) electrons. The molecule has 1 amide bonds. The number of esters is 1. The number of nitrogens with zero attached hydrogens (tertiary/aromatic N) is 1. The summed E-state index contributed by atoms with van der Waals surface area (Å²) >= 11 is 0. The molecule has 0 bridgehead atoms. The quantitative estimate of drug-likeness (QED) is 0.613. The Hall–Kier alpha value is -2.43. The number of rotatable bonds is 4. The molecular formula is C20H24FNO3. The van der Waals surface area contributed by atoms with Gasteiger partial charge < -0.3 is 9.64 Å². The van der Waals surface area contributed by atoms with Gasteiger partial charge in [0.15, 0.2) is 0 Å². The van der Waals surface area contributed by atoms with Gasteiger partial charge in [0.1, 0.15) is 11.4 Å². The lowest BCUT2D eigenvalue weighted by Gasteiger charge is -2.35. The van der Waals surface area contributed by atoms with E-state index in [-0.39, 0.29) is 12.3 Å². The molecule has 0 spiro atoms. The van der Waals surface area contributed by atoms with Crippen LogP contribution in [0.25, 0.3) is 0 Å². The van der Waals surface area contributed by atoms with Crippen molar-refractivity contribution in [2.24, 2.45) is 0 Å². The average Bonchev–Trinajstić information content (AvgIpc) is 2.49. The molecule has 1 aliphatic heterocycles. The minimum absolute atomic E-state index is 0.0146. The first-order valence-corrected chi connectivity index (χ1v) is 8.25. The van der Waals surface area contributed by atoms with Crippen LogP contribution in [0, 0.1) is 5.82 Å². The van der Waals surface area contributed by atoms with Crippen LogP contribution in [0.15, 0.2) is 48.2 Å². The Kier molecular flexibility index (Phi) is 5.45. The molecule has 0 aromatic heterocycles. The third kappa shape index (κ3) is 4.16. The van der Waals surface area contributed by atoms with E-state index in [0.29, 0.717) is 23.4 Å². The van der Waals surface area contributed by atoms with Gasteiger partial charge in [0.25, 0.3) is 0 Å². The van der Waals surface area contributed by atoms with Crippen molar-refractivity contribution >= 4 is 11.9 Å². The monoisotopic (exact) mass is 345 g/mol. The summed E-state index contributed by atoms with van der Waals surface area (Å²) in [6, 6.07) is 6.21. The number of allylic oxidation sites excluding steroid dienone is 1. The zero-order valence-electron chi connectivity index (χ0n) is 15.1. The zero-order chi connectivity index (χ0) is 18.8. The van der Waals surface area contributed by atoms with E-state index in [9.17, 15) is 14.0 Å². The van der Waals surface area contributed by atoms with Gasteiger partial charge in [-0.05, 0) is 39.3 Å². The summed E-state index contributed by atoms with van der Waals surface area (Å²) in [5, 5.41) is 0. The van der Waals surface area contributed by atoms with Gasteiger partial charge in [-0.15, -0.1) is 6.58 Å². The Morgan fingerprint density at radius 2 is 2.04 bits per heavy atom. The normalized spacial score (nSPS) is 18.4. The molecule has 0 saturated carbocycles. The molecule has 0 saturated heterocycles. The fourth-order valence-electron chi connectivity index (χ4n) is 2.99. The second-order valence-corrected chi connectivity index (χ2v) is 7.07. The highest BCUT2D eigenvalue weighted by Gasteiger charge is 2.38. The van der Waals surface area contributed by atoms with Crippen LogP contribution in [0.1, 0.15) is 45.6 Å². The molecule has 1 aliphatic rings. The van der Waals surface area contributed by atoms with Crippen molar-refractivity contribution in [3.63, 3.8) is 0 Å². The summed E-state index contributed by atoms with van der Waals surface area (Å²) in [7, 11) is 0. The molecule has 1 heterocycles. The van der Waals surface area contributed by atoms with Crippen molar-refractivity contribution in [1.29, 1.82) is 0 Å². The number of carbonyl (C=O) groups excluding carboxylic acids is 2. The van der Waals surface area contributed by atoms with Crippen molar-refractivity contribution in [2.45, 2.75) is 45.6 Å². The number of halogens is 1. The van der Waals surface area contributed by atoms with Gasteiger partial charge in [0.2, 0.25) is 5.91 Å². The Bertz CT molecular complexity index is 731. The topological polar surface area (TPSA) is 46.6 Å². The van der Waals surface area contributed by atoms with E-state index in [1.54, 1.807) is 52.0 Å². The van der Waals surface area contributed by atoms with Crippen molar-refractivity contribution in [1.82, 2.24) is 4.90 Å². The second kappa shape index (κ2) is 7.21. The highest BCUT2D eigenvalue weighted by atomic mass is 19.1. The summed E-state index contributed by atoms with van der Waals surface area (Å²) < 4.78 is 19.9. The summed E-state index contributed by atoms with van der Waals surface area (Å²) in [5.41, 5.74) is 0.448. The Morgan fingerprint density at radius 1 is 1.40 bits per heavy atom. The highest BCUT2D eigenvalue weighted by Crippen LogP contribution is 2.38. The van der Waals surface area contributed by atoms with Gasteiger partial charge in [-0.2, -0.15) is 0 Å². The van der Waals surface area contributed by atoms with Crippen LogP contribution in [0.3, 0.4) is 0 Å². The largest absolute Gasteiger partial charge is 0.457 e. The molecular weight excluding hydrogens is 321 g/mol. The van der Waals surface area contributed by atoms with Gasteiger partial charge in [0.05, 0.1) is 5.57 Å². The van der Waals surface area contributed by atoms with Crippen LogP contribution in [0.5, 0.6) is 0 Å². The average molecular weight is 345 g/mol. The predicted molar refractivity (Wildman–Crippen MR) is 94.2 cm³/mol. The van der Waals surface area contributed by atoms with Crippen LogP contribution >= 0.6 is 0 Å². The Morgan fingerprint density at radius 3 is 2.60 bits per heavy atom. The third-order valence-electron chi connectivity index (χ3n) is 4.03. The molecule has 1 aromatic rings. The number of amides is 1. The standard InChI is InChI=1S/C20H24FNO3/c1-6-11-22-13(2)18(19(24)25-20(3,4)5)15(12-17(22)23)14-9-7-8-10-16(14)21/h6-10,15H,1,11-12H2,2-5H3. The van der Waals surface area contributed by atoms with E-state index in [1.807, 2.05) is 0 Å². The molecule has 134 valence electrons. The maximum Gasteiger partial charge on any atom is 0.336 e. The molecule has 1 aromatic carbocycles. The predicted octanol–water partition coefficient (Wildman–Crippen LogP) is 3.94. The van der Waals surface area contributed by atoms with Gasteiger partial charge in [-0.3, -0.25) is 4.79 Å². The molecule has 4 nitrogen and oxygen atoms in total. The molecule has 0 aliphatic carbocycles. The fourth-order valence-corrected chi connectivity index (χ4v) is 2.99. The maximum atomic E-state index is 14.3. The van der Waals surface area contributed by atoms with Crippen LogP contribution in [-0.4, -0.2) is 28.9 Å². The van der Waals surface area contributed by atoms with Crippen molar-refractivity contribution in [3.8, 4) is 0 Å². The minimum Gasteiger partial charge on any atom is -0.457 e. The van der Waals surface area contributed by atoms with E-state index < -0.39 is 23.3 Å². The van der Waals surface area contributed by atoms with Gasteiger partial charge in [-0.25, -0.2) is 9.18 Å². The number of benzene rings is 1. The molecule has 1 atom stereocenters. The first kappa shape index (κ1) is 18.9. The van der Waals surface area contributed by atoms with E-state index in [0.717, 1.165) is 0 Å². The van der Waals surface area contributed by atoms with E-state index in [1.165, 1.54) is 11.0 Å². The van der Waals surface area contributed by atoms with E-state index in [2.05, 4.69) is 6.58 Å². The number of hydrogen-bond acceptors (Lipinski definition) is 3. The molecule has 1 unspecified atom stereocenters. The van der Waals surface area contributed by atoms with E-state index >= 15 is 0 Å². The first-order valence-electron chi connectivity index (χ1n) is 8.25. The van der Waals surface area contributed by atoms with Crippen molar-refractivity contribution in [3.05, 3.63) is 59.6 Å². The fraction of sp³-hybridized carbons (Fsp3) is 0.400. The summed E-state index contributed by atoms with van der Waals surface area (Å²) in [4.78, 5) is 26.8. The van der Waals surface area contributed by atoms with E-state index in [4.69, 9.17) is 4.74 Å². The smallest absolute Gasteiger partial charge is 0.336 e. The number of carbonyl (C=O) groups is 2. The molecule has 25 heavy (non-hydrogen) atoms. The lowest BCUT2D eigenvalue weighted by atomic mass is 9.83. The first-order chi connectivity index (χ1) is 11.7. The van der Waals surface area contributed by atoms with Crippen LogP contribution in [0.4, 0.5) is 4.39 Å². The lowest BCUT2D eigenvalue weighted by molar-refractivity contribution is -0.150. The maximum absolute atomic E-state index is 14.3. The highest BCUT2D eigenvalue weighted by molar-refractivity contribution is 5.96. The molecule has 5 heteroatoms. The van der Waals surface area contributed by atoms with Crippen molar-refractivity contribution in [2.75, 3.05) is 6.54 Å². The number of hydrogen-bond donors (Lipinski definition) is 0. The Balaban J connectivity index is 2.57. The van der Waals surface area contributed by atoms with Gasteiger partial charge in [0, 0.05) is 24.6 Å². The number of ether oxygens (including phenoxy) is 1. The minimum atomic E-state index is -0.686. The lowest BCUT2D eigenvalue weighted by Crippen LogP contribution is -2.39. The Labute approximate surface area is 148 Å². The molecule has 2 rings (SSSR count). The van der Waals surface area contributed by atoms with Crippen LogP contribution in [-0.2, 0) is 14.3 Å². The SMILES string of the molecule is C=CCN1C(=O)CC(c2ccccc2F)C(C(=O)OC(C)(C)C)=C1C. The van der Waals surface area contributed by atoms with Gasteiger partial charge >= 0.3 is 5.97 Å². The summed E-state index contributed by atoms with van der Waals surface area (Å²) in [5.74, 6) is -1.80. The molecule has 0 N–H and O–H groups in total. The second-order valence-electron chi connectivity index (χ2n) is 7.07. The van der Waals surface area contributed by atoms with Gasteiger partial charge in [-0.1, -0.05) is 24.3 Å². The summed E-state index contributed by atoms with van der Waals surface area (Å²) in [6.45, 7) is 10.9. The summed E-state index contributed by atoms with van der Waals surface area (Å²) in [6.07, 6.45) is 1.61. The third-order valence-corrected chi connectivity index (χ3v) is 4.03. The van der Waals surface area contributed by atoms with Crippen molar-refractivity contribution < 1.29 is 18.7 Å². The van der Waals surface area contributed by atoms with Crippen LogP contribution in [0.2, 0.25) is 0 Å². The zero-order valence-corrected chi connectivity index (χ0v) is 15.1.